The van der Waals surface area contributed by atoms with Crippen LogP contribution < -0.4 is 16.0 Å². The Balaban J connectivity index is 3.01. The maximum Gasteiger partial charge on any atom is 0.405 e. The Morgan fingerprint density at radius 3 is 2.43 bits per heavy atom. The molecule has 4 N–H and O–H groups in total. The van der Waals surface area contributed by atoms with Gasteiger partial charge in [-0.25, -0.2) is 9.18 Å². The molecule has 21 heavy (non-hydrogen) atoms. The van der Waals surface area contributed by atoms with Gasteiger partial charge in [0.2, 0.25) is 5.91 Å². The van der Waals surface area contributed by atoms with Gasteiger partial charge in [-0.05, 0) is 32.9 Å². The quantitative estimate of drug-likeness (QED) is 0.648. The van der Waals surface area contributed by atoms with Crippen LogP contribution in [0.15, 0.2) is 16.6 Å². The number of hydrogen-bond donors (Lipinski definition) is 4. The second-order valence-corrected chi connectivity index (χ2v) is 5.69. The SMILES string of the molecule is CC(C)Nc1cc(Br)cc(F)c1NC(=O)C(C)NC(=O)O. The molecular weight excluding hydrogens is 345 g/mol. The van der Waals surface area contributed by atoms with Crippen LogP contribution in [0.5, 0.6) is 0 Å². The Morgan fingerprint density at radius 1 is 1.29 bits per heavy atom. The molecule has 1 aromatic carbocycles. The first-order valence-corrected chi connectivity index (χ1v) is 7.06. The van der Waals surface area contributed by atoms with Gasteiger partial charge in [0.25, 0.3) is 0 Å². The number of halogens is 2. The van der Waals surface area contributed by atoms with Gasteiger partial charge in [0.1, 0.15) is 17.5 Å². The monoisotopic (exact) mass is 361 g/mol. The number of anilines is 2. The fourth-order valence-electron chi connectivity index (χ4n) is 1.61. The van der Waals surface area contributed by atoms with Crippen molar-refractivity contribution in [3.05, 3.63) is 22.4 Å². The lowest BCUT2D eigenvalue weighted by atomic mass is 10.2. The van der Waals surface area contributed by atoms with Gasteiger partial charge in [-0.1, -0.05) is 15.9 Å². The zero-order valence-electron chi connectivity index (χ0n) is 11.8. The summed E-state index contributed by atoms with van der Waals surface area (Å²) < 4.78 is 14.6. The van der Waals surface area contributed by atoms with Crippen molar-refractivity contribution < 1.29 is 19.1 Å². The number of hydrogen-bond acceptors (Lipinski definition) is 3. The topological polar surface area (TPSA) is 90.5 Å². The lowest BCUT2D eigenvalue weighted by molar-refractivity contribution is -0.117. The third kappa shape index (κ3) is 5.22. The van der Waals surface area contributed by atoms with Gasteiger partial charge in [0, 0.05) is 10.5 Å². The van der Waals surface area contributed by atoms with E-state index in [1.165, 1.54) is 13.0 Å². The lowest BCUT2D eigenvalue weighted by Crippen LogP contribution is -2.41. The third-order valence-electron chi connectivity index (χ3n) is 2.48. The van der Waals surface area contributed by atoms with E-state index >= 15 is 0 Å². The summed E-state index contributed by atoms with van der Waals surface area (Å²) >= 11 is 3.18. The molecule has 0 fully saturated rings. The van der Waals surface area contributed by atoms with E-state index in [1.807, 2.05) is 19.2 Å². The van der Waals surface area contributed by atoms with E-state index in [1.54, 1.807) is 6.07 Å². The first-order valence-electron chi connectivity index (χ1n) is 6.26. The van der Waals surface area contributed by atoms with E-state index in [2.05, 4.69) is 26.6 Å². The summed E-state index contributed by atoms with van der Waals surface area (Å²) in [4.78, 5) is 22.4. The lowest BCUT2D eigenvalue weighted by Gasteiger charge is -2.18. The summed E-state index contributed by atoms with van der Waals surface area (Å²) in [5.74, 6) is -1.27. The molecule has 0 aliphatic carbocycles. The van der Waals surface area contributed by atoms with Gasteiger partial charge in [-0.3, -0.25) is 4.79 Å². The highest BCUT2D eigenvalue weighted by atomic mass is 79.9. The van der Waals surface area contributed by atoms with E-state index in [4.69, 9.17) is 5.11 Å². The summed E-state index contributed by atoms with van der Waals surface area (Å²) in [6.45, 7) is 5.12. The number of carbonyl (C=O) groups is 2. The van der Waals surface area contributed by atoms with Crippen LogP contribution in [0.4, 0.5) is 20.6 Å². The minimum Gasteiger partial charge on any atom is -0.465 e. The molecule has 0 aliphatic rings. The van der Waals surface area contributed by atoms with Crippen molar-refractivity contribution in [2.24, 2.45) is 0 Å². The Hall–Kier alpha value is -1.83. The minimum atomic E-state index is -1.32. The van der Waals surface area contributed by atoms with Crippen LogP contribution in [0.2, 0.25) is 0 Å². The highest BCUT2D eigenvalue weighted by Crippen LogP contribution is 2.30. The standard InChI is InChI=1S/C13H17BrFN3O3/c1-6(2)16-10-5-8(14)4-9(15)11(10)18-12(19)7(3)17-13(20)21/h4-7,16-17H,1-3H3,(H,18,19)(H,20,21). The van der Waals surface area contributed by atoms with Gasteiger partial charge in [0.15, 0.2) is 0 Å². The van der Waals surface area contributed by atoms with Crippen LogP contribution >= 0.6 is 15.9 Å². The van der Waals surface area contributed by atoms with E-state index in [9.17, 15) is 14.0 Å². The van der Waals surface area contributed by atoms with Crippen molar-refractivity contribution in [1.29, 1.82) is 0 Å². The molecule has 0 saturated heterocycles. The van der Waals surface area contributed by atoms with E-state index < -0.39 is 23.9 Å². The number of amides is 2. The second-order valence-electron chi connectivity index (χ2n) is 4.77. The minimum absolute atomic E-state index is 0.0176. The van der Waals surface area contributed by atoms with Crippen LogP contribution in [-0.4, -0.2) is 29.2 Å². The zero-order valence-corrected chi connectivity index (χ0v) is 13.4. The Morgan fingerprint density at radius 2 is 1.90 bits per heavy atom. The van der Waals surface area contributed by atoms with Crippen LogP contribution in [0.3, 0.4) is 0 Å². The number of benzene rings is 1. The molecule has 0 saturated carbocycles. The number of rotatable bonds is 5. The van der Waals surface area contributed by atoms with Crippen molar-refractivity contribution >= 4 is 39.3 Å². The van der Waals surface area contributed by atoms with Gasteiger partial charge in [-0.2, -0.15) is 0 Å². The Labute approximate surface area is 130 Å². The normalized spacial score (nSPS) is 11.9. The number of carboxylic acid groups (broad SMARTS) is 1. The smallest absolute Gasteiger partial charge is 0.405 e. The third-order valence-corrected chi connectivity index (χ3v) is 2.94. The molecule has 0 radical (unpaired) electrons. The average Bonchev–Trinajstić information content (AvgIpc) is 2.31. The molecular formula is C13H17BrFN3O3. The van der Waals surface area contributed by atoms with Crippen LogP contribution in [0.25, 0.3) is 0 Å². The van der Waals surface area contributed by atoms with Gasteiger partial charge >= 0.3 is 6.09 Å². The van der Waals surface area contributed by atoms with E-state index in [0.29, 0.717) is 10.2 Å². The highest BCUT2D eigenvalue weighted by molar-refractivity contribution is 9.10. The van der Waals surface area contributed by atoms with Crippen molar-refractivity contribution in [3.8, 4) is 0 Å². The van der Waals surface area contributed by atoms with Crippen LogP contribution in [0.1, 0.15) is 20.8 Å². The van der Waals surface area contributed by atoms with E-state index in [0.717, 1.165) is 0 Å². The second kappa shape index (κ2) is 7.26. The first-order chi connectivity index (χ1) is 9.70. The fraction of sp³-hybridized carbons (Fsp3) is 0.385. The average molecular weight is 362 g/mol. The predicted octanol–water partition coefficient (Wildman–Crippen LogP) is 3.00. The molecule has 116 valence electrons. The molecule has 0 bridgehead atoms. The molecule has 0 aliphatic heterocycles. The van der Waals surface area contributed by atoms with Crippen molar-refractivity contribution in [2.45, 2.75) is 32.9 Å². The molecule has 0 heterocycles. The van der Waals surface area contributed by atoms with E-state index in [-0.39, 0.29) is 11.7 Å². The summed E-state index contributed by atoms with van der Waals surface area (Å²) in [7, 11) is 0. The molecule has 6 nitrogen and oxygen atoms in total. The van der Waals surface area contributed by atoms with Crippen LogP contribution in [0, 0.1) is 5.82 Å². The Kier molecular flexibility index (Phi) is 5.95. The molecule has 1 aromatic rings. The molecule has 1 atom stereocenters. The molecule has 8 heteroatoms. The molecule has 1 rings (SSSR count). The van der Waals surface area contributed by atoms with Gasteiger partial charge < -0.3 is 21.1 Å². The summed E-state index contributed by atoms with van der Waals surface area (Å²) in [6.07, 6.45) is -1.32. The number of carbonyl (C=O) groups excluding carboxylic acids is 1. The molecule has 2 amide bonds. The van der Waals surface area contributed by atoms with Gasteiger partial charge in [0.05, 0.1) is 5.69 Å². The van der Waals surface area contributed by atoms with Crippen molar-refractivity contribution in [1.82, 2.24) is 5.32 Å². The number of nitrogens with one attached hydrogen (secondary N) is 3. The Bertz CT molecular complexity index is 552. The fourth-order valence-corrected chi connectivity index (χ4v) is 2.04. The molecule has 0 aromatic heterocycles. The molecule has 0 spiro atoms. The van der Waals surface area contributed by atoms with Crippen LogP contribution in [-0.2, 0) is 4.79 Å². The van der Waals surface area contributed by atoms with Crippen molar-refractivity contribution in [2.75, 3.05) is 10.6 Å². The highest BCUT2D eigenvalue weighted by Gasteiger charge is 2.19. The van der Waals surface area contributed by atoms with Crippen molar-refractivity contribution in [3.63, 3.8) is 0 Å². The largest absolute Gasteiger partial charge is 0.465 e. The maximum absolute atomic E-state index is 14.0. The summed E-state index contributed by atoms with van der Waals surface area (Å²) in [5.41, 5.74) is 0.392. The molecule has 1 unspecified atom stereocenters. The summed E-state index contributed by atoms with van der Waals surface area (Å²) in [6, 6.07) is 1.88. The first kappa shape index (κ1) is 17.2. The van der Waals surface area contributed by atoms with Gasteiger partial charge in [-0.15, -0.1) is 0 Å². The summed E-state index contributed by atoms with van der Waals surface area (Å²) in [5, 5.41) is 16.0. The maximum atomic E-state index is 14.0. The zero-order chi connectivity index (χ0) is 16.2. The predicted molar refractivity (Wildman–Crippen MR) is 82.1 cm³/mol.